The Morgan fingerprint density at radius 3 is 3.08 bits per heavy atom. The predicted octanol–water partition coefficient (Wildman–Crippen LogP) is 1.73. The molecule has 1 amide bonds. The number of fused-ring (bicyclic) bond motifs is 1. The summed E-state index contributed by atoms with van der Waals surface area (Å²) in [6.07, 6.45) is 1.66. The molecule has 7 nitrogen and oxygen atoms in total. The van der Waals surface area contributed by atoms with Crippen molar-refractivity contribution in [2.45, 2.75) is 19.6 Å². The molecule has 2 aromatic heterocycles. The van der Waals surface area contributed by atoms with Crippen molar-refractivity contribution in [1.82, 2.24) is 24.9 Å². The minimum atomic E-state index is -0.119. The third-order valence-corrected chi connectivity index (χ3v) is 4.42. The quantitative estimate of drug-likeness (QED) is 0.728. The lowest BCUT2D eigenvalue weighted by atomic mass is 10.1. The number of aromatic nitrogens is 4. The summed E-state index contributed by atoms with van der Waals surface area (Å²) in [4.78, 5) is 18.8. The van der Waals surface area contributed by atoms with Crippen LogP contribution in [-0.4, -0.2) is 50.5 Å². The van der Waals surface area contributed by atoms with Gasteiger partial charge in [0.05, 0.1) is 18.7 Å². The van der Waals surface area contributed by atoms with Crippen molar-refractivity contribution in [3.8, 4) is 0 Å². The Morgan fingerprint density at radius 1 is 1.32 bits per heavy atom. The van der Waals surface area contributed by atoms with Crippen LogP contribution in [0.3, 0.4) is 0 Å². The highest BCUT2D eigenvalue weighted by atomic mass is 16.5. The maximum Gasteiger partial charge on any atom is 0.244 e. The number of hydrogen-bond donors (Lipinski definition) is 0. The number of pyridine rings is 1. The van der Waals surface area contributed by atoms with Crippen molar-refractivity contribution in [2.24, 2.45) is 0 Å². The first-order valence-electron chi connectivity index (χ1n) is 8.31. The smallest absolute Gasteiger partial charge is 0.244 e. The van der Waals surface area contributed by atoms with Crippen LogP contribution < -0.4 is 0 Å². The fourth-order valence-electron chi connectivity index (χ4n) is 3.11. The van der Waals surface area contributed by atoms with E-state index in [1.807, 2.05) is 48.2 Å². The van der Waals surface area contributed by atoms with E-state index >= 15 is 0 Å². The zero-order valence-corrected chi connectivity index (χ0v) is 14.0. The van der Waals surface area contributed by atoms with Crippen LogP contribution in [0.25, 0.3) is 11.0 Å². The van der Waals surface area contributed by atoms with Gasteiger partial charge in [-0.1, -0.05) is 17.3 Å². The molecule has 1 aliphatic heterocycles. The fourth-order valence-corrected chi connectivity index (χ4v) is 3.11. The summed E-state index contributed by atoms with van der Waals surface area (Å²) in [6.45, 7) is 3.78. The average molecular weight is 337 g/mol. The highest BCUT2D eigenvalue weighted by Crippen LogP contribution is 2.22. The topological polar surface area (TPSA) is 73.1 Å². The molecule has 0 bridgehead atoms. The van der Waals surface area contributed by atoms with Gasteiger partial charge in [-0.05, 0) is 36.8 Å². The number of amides is 1. The van der Waals surface area contributed by atoms with Crippen molar-refractivity contribution >= 4 is 16.9 Å². The normalized spacial score (nSPS) is 17.8. The number of aryl methyl sites for hydroxylation is 1. The van der Waals surface area contributed by atoms with E-state index in [0.29, 0.717) is 19.7 Å². The van der Waals surface area contributed by atoms with Gasteiger partial charge in [0, 0.05) is 18.4 Å². The van der Waals surface area contributed by atoms with E-state index in [2.05, 4.69) is 15.3 Å². The van der Waals surface area contributed by atoms with Crippen molar-refractivity contribution in [3.63, 3.8) is 0 Å². The third-order valence-electron chi connectivity index (χ3n) is 4.42. The molecule has 1 saturated heterocycles. The number of para-hydroxylation sites is 1. The Kier molecular flexibility index (Phi) is 4.15. The lowest BCUT2D eigenvalue weighted by Gasteiger charge is -2.33. The Labute approximate surface area is 145 Å². The summed E-state index contributed by atoms with van der Waals surface area (Å²) in [5, 5.41) is 8.20. The lowest BCUT2D eigenvalue weighted by molar-refractivity contribution is -0.139. The van der Waals surface area contributed by atoms with Crippen molar-refractivity contribution < 1.29 is 9.53 Å². The predicted molar refractivity (Wildman–Crippen MR) is 91.8 cm³/mol. The van der Waals surface area contributed by atoms with Crippen LogP contribution >= 0.6 is 0 Å². The molecular weight excluding hydrogens is 318 g/mol. The molecule has 1 aliphatic rings. The van der Waals surface area contributed by atoms with Gasteiger partial charge in [-0.3, -0.25) is 9.78 Å². The highest BCUT2D eigenvalue weighted by molar-refractivity contribution is 5.79. The first-order valence-corrected chi connectivity index (χ1v) is 8.31. The van der Waals surface area contributed by atoms with Gasteiger partial charge in [-0.15, -0.1) is 5.10 Å². The number of carbonyl (C=O) groups excluding carboxylic acids is 1. The van der Waals surface area contributed by atoms with Crippen molar-refractivity contribution in [3.05, 3.63) is 53.9 Å². The van der Waals surface area contributed by atoms with Crippen LogP contribution in [0.5, 0.6) is 0 Å². The molecule has 3 heterocycles. The Morgan fingerprint density at radius 2 is 2.20 bits per heavy atom. The van der Waals surface area contributed by atoms with Crippen molar-refractivity contribution in [1.29, 1.82) is 0 Å². The van der Waals surface area contributed by atoms with Crippen LogP contribution in [0.4, 0.5) is 0 Å². The monoisotopic (exact) mass is 337 g/mol. The van der Waals surface area contributed by atoms with Crippen LogP contribution in [0.2, 0.25) is 0 Å². The van der Waals surface area contributed by atoms with E-state index in [0.717, 1.165) is 22.3 Å². The number of benzene rings is 1. The zero-order chi connectivity index (χ0) is 17.2. The minimum absolute atomic E-state index is 0.0229. The number of nitrogens with zero attached hydrogens (tertiary/aromatic N) is 5. The van der Waals surface area contributed by atoms with Gasteiger partial charge < -0.3 is 9.64 Å². The molecule has 1 atom stereocenters. The van der Waals surface area contributed by atoms with Gasteiger partial charge in [0.1, 0.15) is 18.2 Å². The SMILES string of the molecule is Cc1cc([C@@H]2CN(C(=O)Cn3nnc4ccccc43)CCO2)ccn1. The summed E-state index contributed by atoms with van der Waals surface area (Å²) in [7, 11) is 0. The Balaban J connectivity index is 1.48. The third kappa shape index (κ3) is 3.23. The van der Waals surface area contributed by atoms with Crippen molar-refractivity contribution in [2.75, 3.05) is 19.7 Å². The summed E-state index contributed by atoms with van der Waals surface area (Å²) in [6, 6.07) is 11.6. The molecule has 0 spiro atoms. The van der Waals surface area contributed by atoms with Gasteiger partial charge in [0.15, 0.2) is 0 Å². The molecule has 0 N–H and O–H groups in total. The molecule has 0 unspecified atom stereocenters. The maximum absolute atomic E-state index is 12.7. The first-order chi connectivity index (χ1) is 12.2. The van der Waals surface area contributed by atoms with E-state index in [1.54, 1.807) is 10.9 Å². The molecular formula is C18H19N5O2. The molecule has 1 fully saturated rings. The molecule has 25 heavy (non-hydrogen) atoms. The van der Waals surface area contributed by atoms with E-state index in [4.69, 9.17) is 4.74 Å². The second-order valence-corrected chi connectivity index (χ2v) is 6.17. The molecule has 128 valence electrons. The van der Waals surface area contributed by atoms with Crippen LogP contribution in [0.15, 0.2) is 42.6 Å². The molecule has 4 rings (SSSR count). The first kappa shape index (κ1) is 15.7. The molecule has 0 aliphatic carbocycles. The number of morpholine rings is 1. The zero-order valence-electron chi connectivity index (χ0n) is 14.0. The highest BCUT2D eigenvalue weighted by Gasteiger charge is 2.26. The summed E-state index contributed by atoms with van der Waals surface area (Å²) in [5.41, 5.74) is 3.66. The molecule has 7 heteroatoms. The van der Waals surface area contributed by atoms with Gasteiger partial charge in [-0.25, -0.2) is 4.68 Å². The van der Waals surface area contributed by atoms with Gasteiger partial charge in [0.2, 0.25) is 5.91 Å². The molecule has 0 saturated carbocycles. The largest absolute Gasteiger partial charge is 0.370 e. The van der Waals surface area contributed by atoms with Gasteiger partial charge >= 0.3 is 0 Å². The van der Waals surface area contributed by atoms with Gasteiger partial charge in [-0.2, -0.15) is 0 Å². The molecule has 0 radical (unpaired) electrons. The number of hydrogen-bond acceptors (Lipinski definition) is 5. The fraction of sp³-hybridized carbons (Fsp3) is 0.333. The Hall–Kier alpha value is -2.80. The second kappa shape index (κ2) is 6.60. The standard InChI is InChI=1S/C18H19N5O2/c1-13-10-14(6-7-19-13)17-11-22(8-9-25-17)18(24)12-23-16-5-3-2-4-15(16)20-21-23/h2-7,10,17H,8-9,11-12H2,1H3/t17-/m0/s1. The van der Waals surface area contributed by atoms with Crippen LogP contribution in [0, 0.1) is 6.92 Å². The van der Waals surface area contributed by atoms with Crippen LogP contribution in [0.1, 0.15) is 17.4 Å². The summed E-state index contributed by atoms with van der Waals surface area (Å²) < 4.78 is 7.50. The lowest BCUT2D eigenvalue weighted by Crippen LogP contribution is -2.43. The number of ether oxygens (including phenoxy) is 1. The van der Waals surface area contributed by atoms with E-state index in [1.165, 1.54) is 0 Å². The van der Waals surface area contributed by atoms with E-state index in [9.17, 15) is 4.79 Å². The second-order valence-electron chi connectivity index (χ2n) is 6.17. The minimum Gasteiger partial charge on any atom is -0.370 e. The van der Waals surface area contributed by atoms with E-state index < -0.39 is 0 Å². The van der Waals surface area contributed by atoms with Crippen LogP contribution in [-0.2, 0) is 16.1 Å². The molecule has 3 aromatic rings. The molecule has 1 aromatic carbocycles. The number of rotatable bonds is 3. The Bertz CT molecular complexity index is 907. The summed E-state index contributed by atoms with van der Waals surface area (Å²) >= 11 is 0. The summed E-state index contributed by atoms with van der Waals surface area (Å²) in [5.74, 6) is 0.0229. The van der Waals surface area contributed by atoms with E-state index in [-0.39, 0.29) is 18.6 Å². The van der Waals surface area contributed by atoms with Gasteiger partial charge in [0.25, 0.3) is 0 Å². The maximum atomic E-state index is 12.7. The average Bonchev–Trinajstić information content (AvgIpc) is 3.05. The number of carbonyl (C=O) groups is 1.